The highest BCUT2D eigenvalue weighted by Gasteiger charge is 1.99. The lowest BCUT2D eigenvalue weighted by Crippen LogP contribution is -1.99. The Bertz CT molecular complexity index is 118. The van der Waals surface area contributed by atoms with Crippen LogP contribution in [0.2, 0.25) is 0 Å². The number of hydrogen-bond donors (Lipinski definition) is 2. The largest absolute Gasteiger partial charge is 0.283 e. The first-order valence-corrected chi connectivity index (χ1v) is 6.52. The van der Waals surface area contributed by atoms with E-state index in [4.69, 9.17) is 22.8 Å². The van der Waals surface area contributed by atoms with Crippen LogP contribution in [0.4, 0.5) is 0 Å². The summed E-state index contributed by atoms with van der Waals surface area (Å²) in [5.74, 6) is 0.754. The SMILES string of the molecule is C=CCSP(N)(N)=S. The van der Waals surface area contributed by atoms with Crippen LogP contribution in [0, 0.1) is 0 Å². The van der Waals surface area contributed by atoms with E-state index in [1.165, 1.54) is 11.4 Å². The molecule has 0 heterocycles. The standard InChI is InChI=1S/C3H9N2PS2/c1-2-3-8-6(4,5)7/h2H,1,3H2,(H4,4,5,7). The first-order chi connectivity index (χ1) is 3.56. The van der Waals surface area contributed by atoms with E-state index >= 15 is 0 Å². The van der Waals surface area contributed by atoms with E-state index in [2.05, 4.69) is 6.58 Å². The lowest BCUT2D eigenvalue weighted by atomic mass is 10.8. The molecule has 0 aromatic heterocycles. The van der Waals surface area contributed by atoms with Crippen LogP contribution in [0.25, 0.3) is 0 Å². The van der Waals surface area contributed by atoms with Crippen molar-refractivity contribution in [1.29, 1.82) is 0 Å². The summed E-state index contributed by atoms with van der Waals surface area (Å²) in [6.07, 6.45) is 1.74. The van der Waals surface area contributed by atoms with Crippen molar-refractivity contribution < 1.29 is 0 Å². The quantitative estimate of drug-likeness (QED) is 0.488. The van der Waals surface area contributed by atoms with Crippen molar-refractivity contribution in [2.75, 3.05) is 5.75 Å². The minimum atomic E-state index is -2.00. The van der Waals surface area contributed by atoms with Crippen LogP contribution in [0.1, 0.15) is 0 Å². The molecule has 0 aromatic carbocycles. The zero-order valence-corrected chi connectivity index (χ0v) is 6.94. The van der Waals surface area contributed by atoms with Crippen LogP contribution in [0.15, 0.2) is 12.7 Å². The number of nitrogens with two attached hydrogens (primary N) is 2. The van der Waals surface area contributed by atoms with E-state index < -0.39 is 5.54 Å². The van der Waals surface area contributed by atoms with Crippen molar-refractivity contribution in [3.05, 3.63) is 12.7 Å². The second kappa shape index (κ2) is 3.64. The van der Waals surface area contributed by atoms with E-state index in [0.717, 1.165) is 5.75 Å². The molecule has 0 saturated carbocycles. The Morgan fingerprint density at radius 1 is 1.75 bits per heavy atom. The topological polar surface area (TPSA) is 52.0 Å². The monoisotopic (exact) mass is 168 g/mol. The molecule has 0 unspecified atom stereocenters. The molecule has 0 radical (unpaired) electrons. The predicted octanol–water partition coefficient (Wildman–Crippen LogP) is 1.05. The van der Waals surface area contributed by atoms with Crippen LogP contribution in [-0.4, -0.2) is 5.75 Å². The Kier molecular flexibility index (Phi) is 3.94. The maximum absolute atomic E-state index is 5.34. The number of hydrogen-bond acceptors (Lipinski definition) is 2. The first-order valence-electron chi connectivity index (χ1n) is 1.99. The minimum Gasteiger partial charge on any atom is -0.283 e. The molecular formula is C3H9N2PS2. The van der Waals surface area contributed by atoms with Gasteiger partial charge in [-0.15, -0.1) is 6.58 Å². The minimum absolute atomic E-state index is 0.754. The third kappa shape index (κ3) is 6.66. The fraction of sp³-hybridized carbons (Fsp3) is 0.333. The second-order valence-corrected chi connectivity index (χ2v) is 8.20. The van der Waals surface area contributed by atoms with Gasteiger partial charge in [0.15, 0.2) is 0 Å². The Morgan fingerprint density at radius 3 is 2.38 bits per heavy atom. The average Bonchev–Trinajstić information content (AvgIpc) is 1.59. The van der Waals surface area contributed by atoms with Crippen LogP contribution in [-0.2, 0) is 11.8 Å². The zero-order valence-electron chi connectivity index (χ0n) is 4.41. The Hall–Kier alpha value is 0.660. The molecule has 0 saturated heterocycles. The highest BCUT2D eigenvalue weighted by atomic mass is 32.9. The smallest absolute Gasteiger partial charge is 0.122 e. The molecular weight excluding hydrogens is 159 g/mol. The lowest BCUT2D eigenvalue weighted by molar-refractivity contribution is 1.81. The van der Waals surface area contributed by atoms with Gasteiger partial charge in [0.05, 0.1) is 0 Å². The Balaban J connectivity index is 3.40. The number of rotatable bonds is 3. The maximum atomic E-state index is 5.34. The van der Waals surface area contributed by atoms with Crippen molar-refractivity contribution >= 4 is 28.7 Å². The molecule has 0 aliphatic rings. The summed E-state index contributed by atoms with van der Waals surface area (Å²) in [5, 5.41) is 0. The molecule has 0 amide bonds. The molecule has 0 aliphatic carbocycles. The molecule has 0 spiro atoms. The van der Waals surface area contributed by atoms with Gasteiger partial charge in [0.25, 0.3) is 0 Å². The van der Waals surface area contributed by atoms with Gasteiger partial charge in [0, 0.05) is 5.75 Å². The highest BCUT2D eigenvalue weighted by Crippen LogP contribution is 2.42. The van der Waals surface area contributed by atoms with Crippen molar-refractivity contribution in [3.8, 4) is 0 Å². The molecule has 8 heavy (non-hydrogen) atoms. The van der Waals surface area contributed by atoms with Crippen molar-refractivity contribution in [3.63, 3.8) is 0 Å². The van der Waals surface area contributed by atoms with Crippen molar-refractivity contribution in [1.82, 2.24) is 0 Å². The molecule has 5 heteroatoms. The van der Waals surface area contributed by atoms with E-state index in [9.17, 15) is 0 Å². The van der Waals surface area contributed by atoms with Gasteiger partial charge in [-0.1, -0.05) is 29.3 Å². The van der Waals surface area contributed by atoms with Gasteiger partial charge in [0.1, 0.15) is 5.54 Å². The molecule has 48 valence electrons. The van der Waals surface area contributed by atoms with E-state index in [-0.39, 0.29) is 0 Å². The molecule has 0 fully saturated rings. The fourth-order valence-electron chi connectivity index (χ4n) is 0.169. The molecule has 0 aliphatic heterocycles. The first kappa shape index (κ1) is 8.66. The normalized spacial score (nSPS) is 11.2. The molecule has 0 atom stereocenters. The van der Waals surface area contributed by atoms with E-state index in [1.807, 2.05) is 0 Å². The van der Waals surface area contributed by atoms with Crippen LogP contribution >= 0.6 is 16.9 Å². The molecule has 2 nitrogen and oxygen atoms in total. The fourth-order valence-corrected chi connectivity index (χ4v) is 2.07. The van der Waals surface area contributed by atoms with Crippen LogP contribution < -0.4 is 11.0 Å². The Morgan fingerprint density at radius 2 is 2.25 bits per heavy atom. The summed E-state index contributed by atoms with van der Waals surface area (Å²) in [6, 6.07) is 0. The van der Waals surface area contributed by atoms with Gasteiger partial charge in [0.2, 0.25) is 0 Å². The van der Waals surface area contributed by atoms with Crippen molar-refractivity contribution in [2.45, 2.75) is 0 Å². The summed E-state index contributed by atoms with van der Waals surface area (Å²) >= 11 is 6.13. The second-order valence-electron chi connectivity index (χ2n) is 1.23. The van der Waals surface area contributed by atoms with Gasteiger partial charge in [-0.2, -0.15) is 0 Å². The van der Waals surface area contributed by atoms with Crippen LogP contribution in [0.5, 0.6) is 0 Å². The summed E-state index contributed by atoms with van der Waals surface area (Å²) in [7, 11) is 0. The zero-order chi connectivity index (χ0) is 6.62. The van der Waals surface area contributed by atoms with E-state index in [0.29, 0.717) is 0 Å². The highest BCUT2D eigenvalue weighted by molar-refractivity contribution is 8.69. The summed E-state index contributed by atoms with van der Waals surface area (Å²) < 4.78 is 0. The van der Waals surface area contributed by atoms with Gasteiger partial charge >= 0.3 is 0 Å². The molecule has 0 rings (SSSR count). The molecule has 0 bridgehead atoms. The summed E-state index contributed by atoms with van der Waals surface area (Å²) in [4.78, 5) is 0. The molecule has 0 aromatic rings. The molecule has 4 N–H and O–H groups in total. The van der Waals surface area contributed by atoms with E-state index in [1.54, 1.807) is 6.08 Å². The van der Waals surface area contributed by atoms with Gasteiger partial charge in [-0.25, -0.2) is 0 Å². The average molecular weight is 168 g/mol. The lowest BCUT2D eigenvalue weighted by Gasteiger charge is -2.04. The van der Waals surface area contributed by atoms with Gasteiger partial charge in [-0.05, 0) is 0 Å². The van der Waals surface area contributed by atoms with Crippen molar-refractivity contribution in [2.24, 2.45) is 11.0 Å². The third-order valence-electron chi connectivity index (χ3n) is 0.394. The summed E-state index contributed by atoms with van der Waals surface area (Å²) in [5.41, 5.74) is 8.68. The Labute approximate surface area is 58.6 Å². The maximum Gasteiger partial charge on any atom is 0.122 e. The van der Waals surface area contributed by atoms with Gasteiger partial charge < -0.3 is 0 Å². The third-order valence-corrected chi connectivity index (χ3v) is 3.79. The van der Waals surface area contributed by atoms with Gasteiger partial charge in [-0.3, -0.25) is 11.0 Å². The summed E-state index contributed by atoms with van der Waals surface area (Å²) in [6.45, 7) is 3.50. The van der Waals surface area contributed by atoms with Crippen LogP contribution in [0.3, 0.4) is 0 Å². The predicted molar refractivity (Wildman–Crippen MR) is 45.3 cm³/mol.